The normalized spacial score (nSPS) is 25.2. The summed E-state index contributed by atoms with van der Waals surface area (Å²) in [5.41, 5.74) is 6.68. The summed E-state index contributed by atoms with van der Waals surface area (Å²) in [6.07, 6.45) is 2.69. The number of benzene rings is 1. The highest BCUT2D eigenvalue weighted by Gasteiger charge is 2.46. The van der Waals surface area contributed by atoms with Gasteiger partial charge in [-0.05, 0) is 24.8 Å². The highest BCUT2D eigenvalue weighted by atomic mass is 16.2. The Hall–Kier alpha value is -1.39. The topological polar surface area (TPSA) is 58.4 Å². The van der Waals surface area contributed by atoms with E-state index in [4.69, 9.17) is 5.73 Å². The summed E-state index contributed by atoms with van der Waals surface area (Å²) in [5.74, 6) is 0.0408. The van der Waals surface area contributed by atoms with Crippen molar-refractivity contribution in [3.05, 3.63) is 35.9 Å². The van der Waals surface area contributed by atoms with Gasteiger partial charge in [0.1, 0.15) is 0 Å². The Balaban J connectivity index is 1.49. The molecule has 3 N–H and O–H groups in total. The Labute approximate surface area is 114 Å². The third-order valence-corrected chi connectivity index (χ3v) is 4.10. The van der Waals surface area contributed by atoms with Gasteiger partial charge >= 0.3 is 0 Å². The third-order valence-electron chi connectivity index (χ3n) is 4.10. The van der Waals surface area contributed by atoms with Crippen LogP contribution in [0.15, 0.2) is 30.3 Å². The van der Waals surface area contributed by atoms with Crippen molar-refractivity contribution in [1.29, 1.82) is 0 Å². The third kappa shape index (κ3) is 2.96. The molecule has 0 radical (unpaired) electrons. The second kappa shape index (κ2) is 4.94. The highest BCUT2D eigenvalue weighted by molar-refractivity contribution is 5.89. The molecule has 1 aromatic rings. The Kier molecular flexibility index (Phi) is 3.29. The minimum absolute atomic E-state index is 0.0408. The van der Waals surface area contributed by atoms with Crippen LogP contribution in [0.5, 0.6) is 0 Å². The zero-order chi connectivity index (χ0) is 13.3. The number of carbonyl (C=O) groups is 1. The molecule has 0 spiro atoms. The van der Waals surface area contributed by atoms with Crippen molar-refractivity contribution in [1.82, 2.24) is 10.2 Å². The number of hydrogen-bond acceptors (Lipinski definition) is 3. The van der Waals surface area contributed by atoms with E-state index in [1.54, 1.807) is 0 Å². The van der Waals surface area contributed by atoms with Crippen molar-refractivity contribution in [2.45, 2.75) is 37.4 Å². The van der Waals surface area contributed by atoms with E-state index >= 15 is 0 Å². The zero-order valence-electron chi connectivity index (χ0n) is 11.1. The van der Waals surface area contributed by atoms with E-state index < -0.39 is 5.54 Å². The Morgan fingerprint density at radius 2 is 2.11 bits per heavy atom. The molecule has 1 saturated carbocycles. The molecule has 1 heterocycles. The molecular weight excluding hydrogens is 238 g/mol. The van der Waals surface area contributed by atoms with Gasteiger partial charge in [0.25, 0.3) is 0 Å². The van der Waals surface area contributed by atoms with Crippen LogP contribution < -0.4 is 11.1 Å². The second-order valence-electron chi connectivity index (χ2n) is 5.84. The Morgan fingerprint density at radius 1 is 1.37 bits per heavy atom. The standard InChI is InChI=1S/C15H21N3O/c16-15(7-8-15)14(19)17-13-6-9-18(11-13)10-12-4-2-1-3-5-12/h1-5,13H,6-11,16H2,(H,17,19). The van der Waals surface area contributed by atoms with Crippen LogP contribution in [0.1, 0.15) is 24.8 Å². The maximum atomic E-state index is 11.9. The Bertz CT molecular complexity index is 456. The van der Waals surface area contributed by atoms with Crippen molar-refractivity contribution in [3.63, 3.8) is 0 Å². The molecule has 1 atom stereocenters. The highest BCUT2D eigenvalue weighted by Crippen LogP contribution is 2.32. The lowest BCUT2D eigenvalue weighted by Gasteiger charge is -2.18. The van der Waals surface area contributed by atoms with E-state index in [9.17, 15) is 4.79 Å². The van der Waals surface area contributed by atoms with Crippen molar-refractivity contribution in [3.8, 4) is 0 Å². The molecule has 1 aliphatic carbocycles. The van der Waals surface area contributed by atoms with Crippen LogP contribution in [0.25, 0.3) is 0 Å². The minimum atomic E-state index is -0.549. The molecule has 4 heteroatoms. The van der Waals surface area contributed by atoms with Crippen molar-refractivity contribution in [2.24, 2.45) is 5.73 Å². The first-order chi connectivity index (χ1) is 9.16. The van der Waals surface area contributed by atoms with Gasteiger partial charge in [-0.2, -0.15) is 0 Å². The van der Waals surface area contributed by atoms with Gasteiger partial charge in [-0.1, -0.05) is 30.3 Å². The molecule has 2 fully saturated rings. The van der Waals surface area contributed by atoms with Crippen LogP contribution in [0, 0.1) is 0 Å². The first-order valence-electron chi connectivity index (χ1n) is 7.02. The van der Waals surface area contributed by atoms with Crippen molar-refractivity contribution >= 4 is 5.91 Å². The van der Waals surface area contributed by atoms with Gasteiger partial charge < -0.3 is 11.1 Å². The first kappa shape index (κ1) is 12.6. The van der Waals surface area contributed by atoms with Gasteiger partial charge in [0.05, 0.1) is 5.54 Å². The van der Waals surface area contributed by atoms with Crippen LogP contribution in [-0.4, -0.2) is 35.5 Å². The van der Waals surface area contributed by atoms with Gasteiger partial charge in [-0.25, -0.2) is 0 Å². The summed E-state index contributed by atoms with van der Waals surface area (Å²) in [4.78, 5) is 14.3. The molecule has 102 valence electrons. The number of likely N-dealkylation sites (tertiary alicyclic amines) is 1. The SMILES string of the molecule is NC1(C(=O)NC2CCN(Cc3ccccc3)C2)CC1. The molecule has 3 rings (SSSR count). The monoisotopic (exact) mass is 259 g/mol. The number of rotatable bonds is 4. The number of hydrogen-bond donors (Lipinski definition) is 2. The minimum Gasteiger partial charge on any atom is -0.350 e. The predicted molar refractivity (Wildman–Crippen MR) is 74.4 cm³/mol. The van der Waals surface area contributed by atoms with Gasteiger partial charge in [0, 0.05) is 25.7 Å². The fourth-order valence-corrected chi connectivity index (χ4v) is 2.63. The quantitative estimate of drug-likeness (QED) is 0.843. The summed E-state index contributed by atoms with van der Waals surface area (Å²) in [7, 11) is 0. The van der Waals surface area contributed by atoms with Crippen LogP contribution >= 0.6 is 0 Å². The van der Waals surface area contributed by atoms with Crippen LogP contribution in [0.2, 0.25) is 0 Å². The van der Waals surface area contributed by atoms with Crippen molar-refractivity contribution < 1.29 is 4.79 Å². The fourth-order valence-electron chi connectivity index (χ4n) is 2.63. The van der Waals surface area contributed by atoms with E-state index in [1.165, 1.54) is 5.56 Å². The molecule has 1 amide bonds. The summed E-state index contributed by atoms with van der Waals surface area (Å²) in [5, 5.41) is 3.09. The van der Waals surface area contributed by atoms with Crippen molar-refractivity contribution in [2.75, 3.05) is 13.1 Å². The van der Waals surface area contributed by atoms with Crippen LogP contribution in [0.4, 0.5) is 0 Å². The average molecular weight is 259 g/mol. The molecule has 0 aromatic heterocycles. The van der Waals surface area contributed by atoms with Gasteiger partial charge in [-0.15, -0.1) is 0 Å². The largest absolute Gasteiger partial charge is 0.350 e. The lowest BCUT2D eigenvalue weighted by atomic mass is 10.2. The lowest BCUT2D eigenvalue weighted by Crippen LogP contribution is -2.47. The number of nitrogens with two attached hydrogens (primary N) is 1. The fraction of sp³-hybridized carbons (Fsp3) is 0.533. The molecule has 1 aromatic carbocycles. The number of nitrogens with zero attached hydrogens (tertiary/aromatic N) is 1. The molecule has 0 bridgehead atoms. The molecular formula is C15H21N3O. The predicted octanol–water partition coefficient (Wildman–Crippen LogP) is 0.868. The van der Waals surface area contributed by atoms with Crippen LogP contribution in [-0.2, 0) is 11.3 Å². The molecule has 1 unspecified atom stereocenters. The molecule has 2 aliphatic rings. The van der Waals surface area contributed by atoms with Crippen LogP contribution in [0.3, 0.4) is 0 Å². The summed E-state index contributed by atoms with van der Waals surface area (Å²) in [6.45, 7) is 2.93. The van der Waals surface area contributed by atoms with E-state index in [2.05, 4.69) is 34.5 Å². The maximum absolute atomic E-state index is 11.9. The number of carbonyl (C=O) groups excluding carboxylic acids is 1. The summed E-state index contributed by atoms with van der Waals surface area (Å²) in [6, 6.07) is 10.7. The zero-order valence-corrected chi connectivity index (χ0v) is 11.1. The van der Waals surface area contributed by atoms with Gasteiger partial charge in [-0.3, -0.25) is 9.69 Å². The number of nitrogens with one attached hydrogen (secondary N) is 1. The molecule has 1 saturated heterocycles. The molecule has 4 nitrogen and oxygen atoms in total. The number of amides is 1. The molecule has 1 aliphatic heterocycles. The Morgan fingerprint density at radius 3 is 2.79 bits per heavy atom. The smallest absolute Gasteiger partial charge is 0.240 e. The van der Waals surface area contributed by atoms with Gasteiger partial charge in [0.2, 0.25) is 5.91 Å². The molecule has 19 heavy (non-hydrogen) atoms. The van der Waals surface area contributed by atoms with E-state index in [-0.39, 0.29) is 11.9 Å². The summed E-state index contributed by atoms with van der Waals surface area (Å²) < 4.78 is 0. The van der Waals surface area contributed by atoms with E-state index in [1.807, 2.05) is 6.07 Å². The van der Waals surface area contributed by atoms with E-state index in [0.29, 0.717) is 0 Å². The second-order valence-corrected chi connectivity index (χ2v) is 5.84. The lowest BCUT2D eigenvalue weighted by molar-refractivity contribution is -0.123. The first-order valence-corrected chi connectivity index (χ1v) is 7.02. The van der Waals surface area contributed by atoms with E-state index in [0.717, 1.165) is 38.9 Å². The average Bonchev–Trinajstić information content (AvgIpc) is 3.02. The maximum Gasteiger partial charge on any atom is 0.240 e. The summed E-state index contributed by atoms with van der Waals surface area (Å²) >= 11 is 0. The van der Waals surface area contributed by atoms with Gasteiger partial charge in [0.15, 0.2) is 0 Å².